The Morgan fingerprint density at radius 2 is 1.91 bits per heavy atom. The number of halogens is 1. The zero-order valence-electron chi connectivity index (χ0n) is 19.9. The number of pyridine rings is 1. The van der Waals surface area contributed by atoms with Gasteiger partial charge in [0.1, 0.15) is 6.54 Å². The normalized spacial score (nSPS) is 15.7. The molecule has 1 aliphatic rings. The van der Waals surface area contributed by atoms with E-state index in [4.69, 9.17) is 32.2 Å². The Kier molecular flexibility index (Phi) is 8.43. The van der Waals surface area contributed by atoms with Crippen molar-refractivity contribution in [1.29, 1.82) is 0 Å². The van der Waals surface area contributed by atoms with Gasteiger partial charge in [0.05, 0.1) is 12.2 Å². The van der Waals surface area contributed by atoms with E-state index < -0.39 is 17.4 Å². The summed E-state index contributed by atoms with van der Waals surface area (Å²) in [5.74, 6) is -0.642. The minimum absolute atomic E-state index is 0.122. The summed E-state index contributed by atoms with van der Waals surface area (Å²) in [7, 11) is 0. The Balaban J connectivity index is 2.00. The summed E-state index contributed by atoms with van der Waals surface area (Å²) < 4.78 is 6.06. The van der Waals surface area contributed by atoms with Gasteiger partial charge in [-0.3, -0.25) is 14.6 Å². The van der Waals surface area contributed by atoms with E-state index in [1.807, 2.05) is 26.0 Å². The van der Waals surface area contributed by atoms with E-state index in [0.29, 0.717) is 12.5 Å². The standard InChI is InChI=1S/C25H31ClN4O4/c1-14(2)9-21-18(10-27)23(17-7-5-15(3)6-8-17)20(16(4)28-21)13-34-25-19(24(26)33)11-30(29-25)12-22(31)32/h5-8,11,14,25,29H,9-10,12-13,27H2,1-4H3,(H,31,32). The monoisotopic (exact) mass is 486 g/mol. The Morgan fingerprint density at radius 1 is 1.24 bits per heavy atom. The van der Waals surface area contributed by atoms with Crippen molar-refractivity contribution < 1.29 is 19.4 Å². The van der Waals surface area contributed by atoms with E-state index in [9.17, 15) is 9.59 Å². The number of carboxylic acids is 1. The molecule has 4 N–H and O–H groups in total. The van der Waals surface area contributed by atoms with E-state index in [-0.39, 0.29) is 18.7 Å². The number of aromatic nitrogens is 1. The number of carbonyl (C=O) groups excluding carboxylic acids is 1. The number of nitrogens with zero attached hydrogens (tertiary/aromatic N) is 2. The number of rotatable bonds is 10. The van der Waals surface area contributed by atoms with Crippen LogP contribution in [0.25, 0.3) is 11.1 Å². The van der Waals surface area contributed by atoms with Crippen LogP contribution in [0.3, 0.4) is 0 Å². The number of carboxylic acid groups (broad SMARTS) is 1. The van der Waals surface area contributed by atoms with Crippen molar-refractivity contribution in [3.05, 3.63) is 64.1 Å². The molecule has 0 aliphatic carbocycles. The highest BCUT2D eigenvalue weighted by Crippen LogP contribution is 2.33. The van der Waals surface area contributed by atoms with Crippen LogP contribution in [0.5, 0.6) is 0 Å². The smallest absolute Gasteiger partial charge is 0.324 e. The number of aliphatic carboxylic acids is 1. The first-order chi connectivity index (χ1) is 16.1. The largest absolute Gasteiger partial charge is 0.480 e. The van der Waals surface area contributed by atoms with Gasteiger partial charge in [0.15, 0.2) is 6.23 Å². The first kappa shape index (κ1) is 25.8. The van der Waals surface area contributed by atoms with E-state index in [1.54, 1.807) is 0 Å². The summed E-state index contributed by atoms with van der Waals surface area (Å²) in [4.78, 5) is 27.9. The lowest BCUT2D eigenvalue weighted by atomic mass is 9.90. The molecule has 2 heterocycles. The molecule has 0 saturated heterocycles. The molecule has 0 bridgehead atoms. The van der Waals surface area contributed by atoms with Crippen LogP contribution in [0.15, 0.2) is 36.0 Å². The highest BCUT2D eigenvalue weighted by Gasteiger charge is 2.30. The topological polar surface area (TPSA) is 118 Å². The van der Waals surface area contributed by atoms with Crippen LogP contribution < -0.4 is 11.2 Å². The average molecular weight is 487 g/mol. The van der Waals surface area contributed by atoms with Gasteiger partial charge >= 0.3 is 5.97 Å². The molecule has 9 heteroatoms. The summed E-state index contributed by atoms with van der Waals surface area (Å²) in [5, 5.41) is 9.62. The Morgan fingerprint density at radius 3 is 2.47 bits per heavy atom. The van der Waals surface area contributed by atoms with Gasteiger partial charge in [-0.05, 0) is 54.5 Å². The maximum absolute atomic E-state index is 11.9. The fourth-order valence-corrected chi connectivity index (χ4v) is 4.19. The lowest BCUT2D eigenvalue weighted by Crippen LogP contribution is -2.40. The first-order valence-corrected chi connectivity index (χ1v) is 11.5. The molecule has 182 valence electrons. The molecule has 0 spiro atoms. The van der Waals surface area contributed by atoms with E-state index in [1.165, 1.54) is 11.2 Å². The van der Waals surface area contributed by atoms with Crippen LogP contribution in [0.4, 0.5) is 0 Å². The zero-order valence-corrected chi connectivity index (χ0v) is 20.6. The molecule has 1 unspecified atom stereocenters. The maximum Gasteiger partial charge on any atom is 0.324 e. The van der Waals surface area contributed by atoms with Gasteiger partial charge in [0.25, 0.3) is 5.24 Å². The van der Waals surface area contributed by atoms with Crippen molar-refractivity contribution in [2.75, 3.05) is 6.54 Å². The van der Waals surface area contributed by atoms with Crippen molar-refractivity contribution in [3.63, 3.8) is 0 Å². The number of hydrogen-bond donors (Lipinski definition) is 3. The minimum atomic E-state index is -1.05. The van der Waals surface area contributed by atoms with Crippen LogP contribution in [-0.4, -0.2) is 39.1 Å². The number of ether oxygens (including phenoxy) is 1. The van der Waals surface area contributed by atoms with Crippen molar-refractivity contribution >= 4 is 22.8 Å². The lowest BCUT2D eigenvalue weighted by Gasteiger charge is -2.23. The average Bonchev–Trinajstić information content (AvgIpc) is 3.15. The van der Waals surface area contributed by atoms with Gasteiger partial charge in [-0.2, -0.15) is 0 Å². The highest BCUT2D eigenvalue weighted by molar-refractivity contribution is 6.67. The molecule has 1 aromatic carbocycles. The molecule has 8 nitrogen and oxygen atoms in total. The second kappa shape index (κ2) is 11.1. The van der Waals surface area contributed by atoms with Gasteiger partial charge in [0.2, 0.25) is 0 Å². The number of hydrazine groups is 1. The summed E-state index contributed by atoms with van der Waals surface area (Å²) >= 11 is 5.72. The third-order valence-corrected chi connectivity index (χ3v) is 5.84. The van der Waals surface area contributed by atoms with Crippen LogP contribution in [-0.2, 0) is 33.9 Å². The molecule has 0 radical (unpaired) electrons. The van der Waals surface area contributed by atoms with E-state index >= 15 is 0 Å². The van der Waals surface area contributed by atoms with Gasteiger partial charge < -0.3 is 20.6 Å². The molecule has 3 rings (SSSR count). The van der Waals surface area contributed by atoms with Crippen molar-refractivity contribution in [2.45, 2.75) is 53.5 Å². The quantitative estimate of drug-likeness (QED) is 0.437. The lowest BCUT2D eigenvalue weighted by molar-refractivity contribution is -0.138. The van der Waals surface area contributed by atoms with Crippen molar-refractivity contribution in [3.8, 4) is 11.1 Å². The summed E-state index contributed by atoms with van der Waals surface area (Å²) in [5.41, 5.74) is 16.0. The summed E-state index contributed by atoms with van der Waals surface area (Å²) in [6.07, 6.45) is 1.28. The van der Waals surface area contributed by atoms with E-state index in [2.05, 4.69) is 31.4 Å². The van der Waals surface area contributed by atoms with Gasteiger partial charge in [-0.1, -0.05) is 43.7 Å². The fraction of sp³-hybridized carbons (Fsp3) is 0.400. The fourth-order valence-electron chi connectivity index (χ4n) is 4.04. The maximum atomic E-state index is 11.9. The van der Waals surface area contributed by atoms with Crippen molar-refractivity contribution in [1.82, 2.24) is 15.4 Å². The minimum Gasteiger partial charge on any atom is -0.480 e. The van der Waals surface area contributed by atoms with Crippen LogP contribution in [0.2, 0.25) is 0 Å². The van der Waals surface area contributed by atoms with Crippen LogP contribution >= 0.6 is 11.6 Å². The molecule has 0 amide bonds. The van der Waals surface area contributed by atoms with Crippen LogP contribution in [0.1, 0.15) is 41.9 Å². The predicted octanol–water partition coefficient (Wildman–Crippen LogP) is 3.42. The number of nitrogens with two attached hydrogens (primary N) is 1. The molecule has 2 aromatic rings. The SMILES string of the molecule is Cc1ccc(-c2c(COC3NN(CC(=O)O)C=C3C(=O)Cl)c(C)nc(CC(C)C)c2CN)cc1. The summed E-state index contributed by atoms with van der Waals surface area (Å²) in [6.45, 7) is 8.36. The zero-order chi connectivity index (χ0) is 25.0. The second-order valence-electron chi connectivity index (χ2n) is 8.84. The Hall–Kier alpha value is -2.78. The van der Waals surface area contributed by atoms with E-state index in [0.717, 1.165) is 45.6 Å². The number of nitrogens with one attached hydrogen (secondary N) is 1. The first-order valence-electron chi connectivity index (χ1n) is 11.2. The number of carbonyl (C=O) groups is 2. The second-order valence-corrected chi connectivity index (χ2v) is 9.19. The molecule has 1 aliphatic heterocycles. The molecular weight excluding hydrogens is 456 g/mol. The Labute approximate surface area is 204 Å². The number of aryl methyl sites for hydroxylation is 2. The molecule has 0 fully saturated rings. The molecule has 1 aromatic heterocycles. The Bertz CT molecular complexity index is 1100. The van der Waals surface area contributed by atoms with Crippen molar-refractivity contribution in [2.24, 2.45) is 11.7 Å². The van der Waals surface area contributed by atoms with Gasteiger partial charge in [0, 0.05) is 29.7 Å². The van der Waals surface area contributed by atoms with Crippen LogP contribution in [0, 0.1) is 19.8 Å². The van der Waals surface area contributed by atoms with Gasteiger partial charge in [-0.15, -0.1) is 0 Å². The molecular formula is C25H31ClN4O4. The number of benzene rings is 1. The molecule has 1 atom stereocenters. The molecule has 0 saturated carbocycles. The van der Waals surface area contributed by atoms with Gasteiger partial charge in [-0.25, -0.2) is 5.43 Å². The third kappa shape index (κ3) is 6.01. The summed E-state index contributed by atoms with van der Waals surface area (Å²) in [6, 6.07) is 8.21. The molecule has 34 heavy (non-hydrogen) atoms. The number of hydrogen-bond acceptors (Lipinski definition) is 7. The predicted molar refractivity (Wildman–Crippen MR) is 131 cm³/mol. The highest BCUT2D eigenvalue weighted by atomic mass is 35.5. The third-order valence-electron chi connectivity index (χ3n) is 5.62.